The summed E-state index contributed by atoms with van der Waals surface area (Å²) >= 11 is 0. The number of pyridine rings is 1. The van der Waals surface area contributed by atoms with Crippen LogP contribution in [0.4, 0.5) is 0 Å². The van der Waals surface area contributed by atoms with Crippen LogP contribution in [0.3, 0.4) is 0 Å². The number of piperidine rings is 1. The van der Waals surface area contributed by atoms with Crippen LogP contribution < -0.4 is 4.74 Å². The van der Waals surface area contributed by atoms with E-state index in [1.807, 2.05) is 37.5 Å². The maximum absolute atomic E-state index is 6.10. The Morgan fingerprint density at radius 1 is 1.14 bits per heavy atom. The van der Waals surface area contributed by atoms with Gasteiger partial charge in [-0.05, 0) is 75.0 Å². The van der Waals surface area contributed by atoms with Crippen LogP contribution in [0.25, 0.3) is 11.5 Å². The molecule has 5 heteroatoms. The van der Waals surface area contributed by atoms with Gasteiger partial charge < -0.3 is 9.15 Å². The first kappa shape index (κ1) is 19.6. The van der Waals surface area contributed by atoms with Crippen molar-refractivity contribution in [2.75, 3.05) is 13.7 Å². The molecule has 152 valence electrons. The molecule has 1 aromatic carbocycles. The highest BCUT2D eigenvalue weighted by atomic mass is 16.5. The van der Waals surface area contributed by atoms with Crippen molar-refractivity contribution in [3.63, 3.8) is 0 Å². The maximum Gasteiger partial charge on any atom is 0.226 e. The largest absolute Gasteiger partial charge is 0.496 e. The molecule has 5 nitrogen and oxygen atoms in total. The molecule has 1 saturated heterocycles. The van der Waals surface area contributed by atoms with E-state index in [0.29, 0.717) is 11.9 Å². The number of hydrogen-bond acceptors (Lipinski definition) is 5. The summed E-state index contributed by atoms with van der Waals surface area (Å²) < 4.78 is 11.5. The molecule has 0 unspecified atom stereocenters. The second kappa shape index (κ2) is 8.37. The summed E-state index contributed by atoms with van der Waals surface area (Å²) in [7, 11) is 1.70. The van der Waals surface area contributed by atoms with Crippen LogP contribution in [-0.4, -0.2) is 28.5 Å². The van der Waals surface area contributed by atoms with Crippen LogP contribution in [0.2, 0.25) is 0 Å². The minimum atomic E-state index is 0.391. The summed E-state index contributed by atoms with van der Waals surface area (Å²) in [6, 6.07) is 8.62. The smallest absolute Gasteiger partial charge is 0.226 e. The third-order valence-corrected chi connectivity index (χ3v) is 6.12. The zero-order valence-corrected chi connectivity index (χ0v) is 17.7. The molecule has 1 aliphatic rings. The molecule has 3 aromatic rings. The van der Waals surface area contributed by atoms with Gasteiger partial charge >= 0.3 is 0 Å². The lowest BCUT2D eigenvalue weighted by Crippen LogP contribution is -2.33. The van der Waals surface area contributed by atoms with Crippen molar-refractivity contribution in [1.29, 1.82) is 0 Å². The van der Waals surface area contributed by atoms with Crippen LogP contribution in [-0.2, 0) is 6.54 Å². The van der Waals surface area contributed by atoms with Crippen molar-refractivity contribution in [2.24, 2.45) is 0 Å². The molecular weight excluding hydrogens is 362 g/mol. The van der Waals surface area contributed by atoms with Gasteiger partial charge in [0, 0.05) is 30.5 Å². The van der Waals surface area contributed by atoms with Gasteiger partial charge in [-0.2, -0.15) is 0 Å². The van der Waals surface area contributed by atoms with Gasteiger partial charge in [0.05, 0.1) is 12.8 Å². The van der Waals surface area contributed by atoms with E-state index in [4.69, 9.17) is 14.1 Å². The Morgan fingerprint density at radius 2 is 2.00 bits per heavy atom. The number of nitrogens with zero attached hydrogens (tertiary/aromatic N) is 3. The van der Waals surface area contributed by atoms with Crippen molar-refractivity contribution in [2.45, 2.75) is 52.6 Å². The first-order valence-corrected chi connectivity index (χ1v) is 10.3. The molecule has 1 aliphatic heterocycles. The molecule has 0 bridgehead atoms. The number of hydrogen-bond donors (Lipinski definition) is 0. The number of oxazole rings is 1. The second-order valence-electron chi connectivity index (χ2n) is 7.86. The molecular formula is C24H29N3O2. The molecule has 29 heavy (non-hydrogen) atoms. The van der Waals surface area contributed by atoms with E-state index in [1.165, 1.54) is 18.4 Å². The summed E-state index contributed by atoms with van der Waals surface area (Å²) in [5.41, 5.74) is 5.59. The Kier molecular flexibility index (Phi) is 5.67. The summed E-state index contributed by atoms with van der Waals surface area (Å²) in [6.45, 7) is 8.04. The Labute approximate surface area is 172 Å². The third kappa shape index (κ3) is 3.92. The molecule has 2 aromatic heterocycles. The topological polar surface area (TPSA) is 51.4 Å². The molecule has 0 amide bonds. The Bertz CT molecular complexity index is 981. The van der Waals surface area contributed by atoms with Crippen LogP contribution >= 0.6 is 0 Å². The highest BCUT2D eigenvalue weighted by Gasteiger charge is 2.26. The maximum atomic E-state index is 6.10. The van der Waals surface area contributed by atoms with Gasteiger partial charge in [0.2, 0.25) is 5.89 Å². The molecule has 0 spiro atoms. The Morgan fingerprint density at radius 3 is 2.76 bits per heavy atom. The molecule has 0 saturated carbocycles. The van der Waals surface area contributed by atoms with Crippen LogP contribution in [0.15, 0.2) is 41.1 Å². The van der Waals surface area contributed by atoms with Crippen molar-refractivity contribution in [3.05, 3.63) is 64.8 Å². The van der Waals surface area contributed by atoms with Gasteiger partial charge in [0.1, 0.15) is 11.5 Å². The van der Waals surface area contributed by atoms with Gasteiger partial charge in [0.15, 0.2) is 0 Å². The van der Waals surface area contributed by atoms with Gasteiger partial charge in [-0.1, -0.05) is 12.5 Å². The van der Waals surface area contributed by atoms with Gasteiger partial charge in [-0.15, -0.1) is 0 Å². The lowest BCUT2D eigenvalue weighted by molar-refractivity contribution is 0.138. The van der Waals surface area contributed by atoms with Crippen molar-refractivity contribution in [1.82, 2.24) is 14.9 Å². The standard InChI is InChI=1S/C24H29N3O2/c1-16-17(2)23(28-4)11-10-20(16)24-26-21(18(3)29-24)15-27-13-6-5-9-22(27)19-8-7-12-25-14-19/h7-8,10-12,14,22H,5-6,9,13,15H2,1-4H3/t22-/m0/s1. The summed E-state index contributed by atoms with van der Waals surface area (Å²) in [5.74, 6) is 2.47. The number of aromatic nitrogens is 2. The Balaban J connectivity index is 1.61. The highest BCUT2D eigenvalue weighted by Crippen LogP contribution is 2.34. The predicted molar refractivity (Wildman–Crippen MR) is 114 cm³/mol. The fourth-order valence-corrected chi connectivity index (χ4v) is 4.26. The summed E-state index contributed by atoms with van der Waals surface area (Å²) in [5, 5.41) is 0. The van der Waals surface area contributed by atoms with E-state index < -0.39 is 0 Å². The zero-order chi connectivity index (χ0) is 20.4. The van der Waals surface area contributed by atoms with E-state index in [1.54, 1.807) is 7.11 Å². The van der Waals surface area contributed by atoms with E-state index in [0.717, 1.165) is 53.4 Å². The average molecular weight is 392 g/mol. The third-order valence-electron chi connectivity index (χ3n) is 6.12. The number of rotatable bonds is 5. The summed E-state index contributed by atoms with van der Waals surface area (Å²) in [4.78, 5) is 11.7. The number of ether oxygens (including phenoxy) is 1. The van der Waals surface area contributed by atoms with Crippen LogP contribution in [0.5, 0.6) is 5.75 Å². The minimum Gasteiger partial charge on any atom is -0.496 e. The Hall–Kier alpha value is -2.66. The second-order valence-corrected chi connectivity index (χ2v) is 7.86. The van der Waals surface area contributed by atoms with E-state index in [9.17, 15) is 0 Å². The number of methoxy groups -OCH3 is 1. The zero-order valence-electron chi connectivity index (χ0n) is 17.7. The average Bonchev–Trinajstić information content (AvgIpc) is 3.11. The van der Waals surface area contributed by atoms with E-state index in [2.05, 4.69) is 29.8 Å². The number of aryl methyl sites for hydroxylation is 1. The molecule has 0 aliphatic carbocycles. The molecule has 0 N–H and O–H groups in total. The molecule has 3 heterocycles. The predicted octanol–water partition coefficient (Wildman–Crippen LogP) is 5.40. The van der Waals surface area contributed by atoms with Crippen LogP contribution in [0, 0.1) is 20.8 Å². The monoisotopic (exact) mass is 391 g/mol. The SMILES string of the molecule is COc1ccc(-c2nc(CN3CCCC[C@H]3c3cccnc3)c(C)o2)c(C)c1C. The van der Waals surface area contributed by atoms with Crippen LogP contribution in [0.1, 0.15) is 53.4 Å². The fourth-order valence-electron chi connectivity index (χ4n) is 4.26. The summed E-state index contributed by atoms with van der Waals surface area (Å²) in [6.07, 6.45) is 7.46. The molecule has 1 atom stereocenters. The lowest BCUT2D eigenvalue weighted by atomic mass is 9.96. The fraction of sp³-hybridized carbons (Fsp3) is 0.417. The number of likely N-dealkylation sites (tertiary alicyclic amines) is 1. The molecule has 0 radical (unpaired) electrons. The normalized spacial score (nSPS) is 17.4. The first-order chi connectivity index (χ1) is 14.1. The molecule has 4 rings (SSSR count). The van der Waals surface area contributed by atoms with Gasteiger partial charge in [-0.25, -0.2) is 4.98 Å². The van der Waals surface area contributed by atoms with Crippen molar-refractivity contribution >= 4 is 0 Å². The van der Waals surface area contributed by atoms with Crippen molar-refractivity contribution in [3.8, 4) is 17.2 Å². The van der Waals surface area contributed by atoms with Gasteiger partial charge in [0.25, 0.3) is 0 Å². The first-order valence-electron chi connectivity index (χ1n) is 10.3. The van der Waals surface area contributed by atoms with Gasteiger partial charge in [-0.3, -0.25) is 9.88 Å². The number of benzene rings is 1. The quantitative estimate of drug-likeness (QED) is 0.583. The lowest BCUT2D eigenvalue weighted by Gasteiger charge is -2.35. The van der Waals surface area contributed by atoms with E-state index >= 15 is 0 Å². The minimum absolute atomic E-state index is 0.391. The molecule has 1 fully saturated rings. The van der Waals surface area contributed by atoms with Crippen molar-refractivity contribution < 1.29 is 9.15 Å². The van der Waals surface area contributed by atoms with E-state index in [-0.39, 0.29) is 0 Å². The highest BCUT2D eigenvalue weighted by molar-refractivity contribution is 5.63.